The molecule has 0 radical (unpaired) electrons. The Balaban J connectivity index is 0.920. The van der Waals surface area contributed by atoms with Gasteiger partial charge in [-0.25, -0.2) is 0 Å². The first-order chi connectivity index (χ1) is 20.4. The number of benzene rings is 2. The van der Waals surface area contributed by atoms with E-state index in [0.717, 1.165) is 63.7 Å². The van der Waals surface area contributed by atoms with Crippen molar-refractivity contribution < 1.29 is 9.59 Å². The van der Waals surface area contributed by atoms with Crippen LogP contribution in [0.1, 0.15) is 51.3 Å². The molecule has 6 rings (SSSR count). The molecule has 9 nitrogen and oxygen atoms in total. The second-order valence-electron chi connectivity index (χ2n) is 10.9. The van der Waals surface area contributed by atoms with Crippen molar-refractivity contribution in [2.75, 3.05) is 23.8 Å². The summed E-state index contributed by atoms with van der Waals surface area (Å²) in [5, 5.41) is 24.2. The molecule has 1 aliphatic heterocycles. The highest BCUT2D eigenvalue weighted by atomic mass is 32.1. The van der Waals surface area contributed by atoms with Crippen LogP contribution in [-0.2, 0) is 42.3 Å². The average Bonchev–Trinajstić information content (AvgIpc) is 3.75. The lowest BCUT2D eigenvalue weighted by molar-refractivity contribution is -0.118. The quantitative estimate of drug-likeness (QED) is 0.192. The van der Waals surface area contributed by atoms with E-state index in [4.69, 9.17) is 0 Å². The number of amides is 1. The van der Waals surface area contributed by atoms with Crippen molar-refractivity contribution >= 4 is 56.1 Å². The summed E-state index contributed by atoms with van der Waals surface area (Å²) < 4.78 is 2.04. The highest BCUT2D eigenvalue weighted by molar-refractivity contribution is 7.15. The molecule has 1 N–H and O–H groups in total. The molecule has 42 heavy (non-hydrogen) atoms. The molecule has 4 heterocycles. The van der Waals surface area contributed by atoms with Crippen LogP contribution in [0.25, 0.3) is 10.9 Å². The van der Waals surface area contributed by atoms with Gasteiger partial charge in [-0.1, -0.05) is 47.7 Å². The molecule has 3 aromatic heterocycles. The second-order valence-corrected chi connectivity index (χ2v) is 13.1. The van der Waals surface area contributed by atoms with Gasteiger partial charge in [0.15, 0.2) is 0 Å². The largest absolute Gasteiger partial charge is 0.374 e. The number of likely N-dealkylation sites (N-methyl/N-ethyl adjacent to an activating group) is 1. The summed E-state index contributed by atoms with van der Waals surface area (Å²) in [5.74, 6) is 0.355. The summed E-state index contributed by atoms with van der Waals surface area (Å²) in [6.07, 6.45) is 6.65. The summed E-state index contributed by atoms with van der Waals surface area (Å²) in [7, 11) is 4.07. The third-order valence-corrected chi connectivity index (χ3v) is 9.57. The smallest absolute Gasteiger partial charge is 0.230 e. The normalized spacial score (nSPS) is 14.4. The van der Waals surface area contributed by atoms with E-state index in [0.29, 0.717) is 18.0 Å². The number of ketones is 1. The van der Waals surface area contributed by atoms with Gasteiger partial charge in [-0.15, -0.1) is 31.7 Å². The fourth-order valence-electron chi connectivity index (χ4n) is 5.72. The van der Waals surface area contributed by atoms with Crippen molar-refractivity contribution in [3.8, 4) is 0 Å². The van der Waals surface area contributed by atoms with Gasteiger partial charge < -0.3 is 14.8 Å². The second kappa shape index (κ2) is 12.5. The zero-order valence-corrected chi connectivity index (χ0v) is 25.4. The van der Waals surface area contributed by atoms with Gasteiger partial charge in [0.25, 0.3) is 0 Å². The first-order valence-corrected chi connectivity index (χ1v) is 15.8. The molecular formula is C31H33N7O2S2. The molecule has 0 spiro atoms. The Hall–Kier alpha value is -3.96. The van der Waals surface area contributed by atoms with Crippen molar-refractivity contribution in [1.29, 1.82) is 0 Å². The number of Topliss-reactive ketones (excluding diaryl/α,β-unsaturated/α-hetero) is 1. The van der Waals surface area contributed by atoms with Crippen LogP contribution in [0.15, 0.2) is 54.7 Å². The van der Waals surface area contributed by atoms with Crippen molar-refractivity contribution in [2.45, 2.75) is 50.9 Å². The maximum atomic E-state index is 12.8. The van der Waals surface area contributed by atoms with Crippen molar-refractivity contribution in [3.05, 3.63) is 80.9 Å². The zero-order valence-electron chi connectivity index (χ0n) is 23.7. The van der Waals surface area contributed by atoms with Crippen LogP contribution in [0.4, 0.5) is 10.8 Å². The first kappa shape index (κ1) is 28.2. The summed E-state index contributed by atoms with van der Waals surface area (Å²) in [5.41, 5.74) is 4.58. The third-order valence-electron chi connectivity index (χ3n) is 7.69. The number of unbranched alkanes of at least 4 members (excludes halogenated alkanes) is 1. The molecule has 216 valence electrons. The Kier molecular flexibility index (Phi) is 8.38. The lowest BCUT2D eigenvalue weighted by atomic mass is 9.95. The van der Waals surface area contributed by atoms with Gasteiger partial charge in [0.05, 0.1) is 12.8 Å². The Morgan fingerprint density at radius 3 is 2.45 bits per heavy atom. The van der Waals surface area contributed by atoms with Gasteiger partial charge in [-0.3, -0.25) is 9.59 Å². The molecule has 0 aliphatic carbocycles. The van der Waals surface area contributed by atoms with Crippen LogP contribution in [0.3, 0.4) is 0 Å². The van der Waals surface area contributed by atoms with E-state index in [9.17, 15) is 9.59 Å². The van der Waals surface area contributed by atoms with Crippen LogP contribution in [-0.4, -0.2) is 50.2 Å². The fourth-order valence-corrected chi connectivity index (χ4v) is 7.43. The Bertz CT molecular complexity index is 1720. The van der Waals surface area contributed by atoms with Crippen LogP contribution in [0.2, 0.25) is 0 Å². The Morgan fingerprint density at radius 2 is 1.60 bits per heavy atom. The molecular weight excluding hydrogens is 567 g/mol. The number of fused-ring (bicyclic) bond motifs is 2. The molecule has 1 atom stereocenters. The number of nitrogens with one attached hydrogen (secondary N) is 1. The minimum absolute atomic E-state index is 0.0972. The topological polar surface area (TPSA) is 106 Å². The van der Waals surface area contributed by atoms with Gasteiger partial charge >= 0.3 is 0 Å². The number of nitrogens with zero attached hydrogens (tertiary/aromatic N) is 6. The highest BCUT2D eigenvalue weighted by Crippen LogP contribution is 2.37. The van der Waals surface area contributed by atoms with Gasteiger partial charge in [0.1, 0.15) is 20.8 Å². The minimum atomic E-state index is -0.0972. The van der Waals surface area contributed by atoms with E-state index >= 15 is 0 Å². The SMILES string of the molecule is CN1CC(CC(=O)Cc2nnc(CCCCc3nnc(NC(=O)Cc4cn(C)c5ccccc45)s3)s2)c2ccccc21. The number of carbonyl (C=O) groups excluding carboxylic acids is 2. The zero-order chi connectivity index (χ0) is 29.1. The van der Waals surface area contributed by atoms with Gasteiger partial charge in [0.2, 0.25) is 11.0 Å². The molecule has 1 unspecified atom stereocenters. The summed E-state index contributed by atoms with van der Waals surface area (Å²) in [4.78, 5) is 27.7. The molecule has 11 heteroatoms. The monoisotopic (exact) mass is 599 g/mol. The Labute approximate surface area is 252 Å². The maximum Gasteiger partial charge on any atom is 0.230 e. The van der Waals surface area contributed by atoms with Crippen LogP contribution >= 0.6 is 22.7 Å². The van der Waals surface area contributed by atoms with Gasteiger partial charge in [0, 0.05) is 68.6 Å². The van der Waals surface area contributed by atoms with Gasteiger partial charge in [-0.2, -0.15) is 0 Å². The van der Waals surface area contributed by atoms with Crippen molar-refractivity contribution in [1.82, 2.24) is 25.0 Å². The van der Waals surface area contributed by atoms with E-state index in [2.05, 4.69) is 55.9 Å². The van der Waals surface area contributed by atoms with Crippen molar-refractivity contribution in [3.63, 3.8) is 0 Å². The first-order valence-electron chi connectivity index (χ1n) is 14.2. The molecule has 0 bridgehead atoms. The number of hydrogen-bond acceptors (Lipinski definition) is 9. The molecule has 2 aromatic carbocycles. The number of carbonyl (C=O) groups is 2. The number of aryl methyl sites for hydroxylation is 3. The van der Waals surface area contributed by atoms with Crippen LogP contribution in [0.5, 0.6) is 0 Å². The number of anilines is 2. The van der Waals surface area contributed by atoms with E-state index in [1.54, 1.807) is 0 Å². The lowest BCUT2D eigenvalue weighted by Crippen LogP contribution is -2.17. The maximum absolute atomic E-state index is 12.8. The number of para-hydroxylation sites is 2. The molecule has 0 fully saturated rings. The highest BCUT2D eigenvalue weighted by Gasteiger charge is 2.28. The van der Waals surface area contributed by atoms with Gasteiger partial charge in [-0.05, 0) is 36.1 Å². The standard InChI is InChI=1S/C31H33N7O2S2/c1-37-18-20(23-9-3-5-11-25(23)37)15-22(39)17-30-35-33-28(41-30)13-7-8-14-29-34-36-31(42-29)32-27(40)16-21-19-38(2)26-12-6-4-10-24(21)26/h3-6,9-12,19-20H,7-8,13-18H2,1-2H3,(H,32,36,40). The predicted molar refractivity (Wildman–Crippen MR) is 167 cm³/mol. The number of rotatable bonds is 12. The Morgan fingerprint density at radius 1 is 0.881 bits per heavy atom. The number of hydrogen-bond donors (Lipinski definition) is 1. The molecule has 1 aliphatic rings. The summed E-state index contributed by atoms with van der Waals surface area (Å²) in [6.45, 7) is 0.875. The van der Waals surface area contributed by atoms with Crippen LogP contribution in [0, 0.1) is 0 Å². The summed E-state index contributed by atoms with van der Waals surface area (Å²) >= 11 is 2.96. The number of aromatic nitrogens is 5. The van der Waals surface area contributed by atoms with E-state index in [-0.39, 0.29) is 24.0 Å². The van der Waals surface area contributed by atoms with E-state index < -0.39 is 0 Å². The lowest BCUT2D eigenvalue weighted by Gasteiger charge is -2.12. The fraction of sp³-hybridized carbons (Fsp3) is 0.355. The van der Waals surface area contributed by atoms with Crippen LogP contribution < -0.4 is 10.2 Å². The summed E-state index contributed by atoms with van der Waals surface area (Å²) in [6, 6.07) is 16.4. The molecule has 5 aromatic rings. The van der Waals surface area contributed by atoms with Crippen molar-refractivity contribution in [2.24, 2.45) is 7.05 Å². The minimum Gasteiger partial charge on any atom is -0.374 e. The van der Waals surface area contributed by atoms with E-state index in [1.165, 1.54) is 33.9 Å². The molecule has 0 saturated heterocycles. The predicted octanol–water partition coefficient (Wildman–Crippen LogP) is 5.36. The van der Waals surface area contributed by atoms with E-state index in [1.807, 2.05) is 48.1 Å². The molecule has 1 amide bonds. The average molecular weight is 600 g/mol. The third kappa shape index (κ3) is 6.42. The molecule has 0 saturated carbocycles.